The van der Waals surface area contributed by atoms with Crippen LogP contribution in [0, 0.1) is 5.92 Å². The quantitative estimate of drug-likeness (QED) is 0.686. The lowest BCUT2D eigenvalue weighted by atomic mass is 9.96. The zero-order valence-electron chi connectivity index (χ0n) is 18.7. The van der Waals surface area contributed by atoms with Crippen LogP contribution in [0.25, 0.3) is 11.1 Å². The molecule has 0 spiro atoms. The van der Waals surface area contributed by atoms with Gasteiger partial charge in [-0.05, 0) is 37.3 Å². The summed E-state index contributed by atoms with van der Waals surface area (Å²) in [5.74, 6) is -0.304. The smallest absolute Gasteiger partial charge is 0.319 e. The van der Waals surface area contributed by atoms with Crippen LogP contribution in [0.2, 0.25) is 0 Å². The normalized spacial score (nSPS) is 16.4. The van der Waals surface area contributed by atoms with Crippen LogP contribution in [0.1, 0.15) is 25.7 Å². The number of ether oxygens (including phenoxy) is 1. The Morgan fingerprint density at radius 2 is 1.45 bits per heavy atom. The van der Waals surface area contributed by atoms with E-state index in [-0.39, 0.29) is 24.5 Å². The molecule has 0 unspecified atom stereocenters. The third-order valence-corrected chi connectivity index (χ3v) is 6.17. The van der Waals surface area contributed by atoms with Crippen molar-refractivity contribution in [3.05, 3.63) is 54.6 Å². The number of para-hydroxylation sites is 1. The molecule has 4 rings (SSSR count). The maximum atomic E-state index is 12.5. The number of piperidine rings is 1. The number of benzene rings is 2. The molecular formula is C25H30N4O4. The summed E-state index contributed by atoms with van der Waals surface area (Å²) in [5.41, 5.74) is 6.83. The SMILES string of the molecule is O=C(COc1ccccc1-c1ccccc1)NNC(=O)C1CCN(C(=O)N2CCCC2)CC1. The molecule has 2 saturated heterocycles. The number of urea groups is 1. The van der Waals surface area contributed by atoms with Gasteiger partial charge in [-0.2, -0.15) is 0 Å². The van der Waals surface area contributed by atoms with Gasteiger partial charge >= 0.3 is 6.03 Å². The van der Waals surface area contributed by atoms with Gasteiger partial charge in [-0.15, -0.1) is 0 Å². The second kappa shape index (κ2) is 10.8. The van der Waals surface area contributed by atoms with Crippen LogP contribution in [-0.2, 0) is 9.59 Å². The van der Waals surface area contributed by atoms with Crippen LogP contribution in [0.15, 0.2) is 54.6 Å². The minimum Gasteiger partial charge on any atom is -0.483 e. The Bertz CT molecular complexity index is 967. The highest BCUT2D eigenvalue weighted by Crippen LogP contribution is 2.29. The minimum absolute atomic E-state index is 0.0765. The first-order valence-electron chi connectivity index (χ1n) is 11.5. The van der Waals surface area contributed by atoms with Crippen LogP contribution in [0.5, 0.6) is 5.75 Å². The van der Waals surface area contributed by atoms with Gasteiger partial charge in [-0.1, -0.05) is 48.5 Å². The Morgan fingerprint density at radius 3 is 2.18 bits per heavy atom. The number of nitrogens with zero attached hydrogens (tertiary/aromatic N) is 2. The van der Waals surface area contributed by atoms with Crippen LogP contribution in [0.3, 0.4) is 0 Å². The van der Waals surface area contributed by atoms with Gasteiger partial charge < -0.3 is 14.5 Å². The molecule has 2 aliphatic heterocycles. The first-order valence-corrected chi connectivity index (χ1v) is 11.5. The number of hydrazine groups is 1. The van der Waals surface area contributed by atoms with Gasteiger partial charge in [0.1, 0.15) is 5.75 Å². The molecule has 0 aliphatic carbocycles. The van der Waals surface area contributed by atoms with E-state index in [1.807, 2.05) is 64.4 Å². The highest BCUT2D eigenvalue weighted by atomic mass is 16.5. The van der Waals surface area contributed by atoms with E-state index in [1.54, 1.807) is 0 Å². The fourth-order valence-electron chi connectivity index (χ4n) is 4.30. The van der Waals surface area contributed by atoms with Gasteiger partial charge in [0.05, 0.1) is 0 Å². The van der Waals surface area contributed by atoms with Gasteiger partial charge in [0, 0.05) is 37.7 Å². The molecule has 8 nitrogen and oxygen atoms in total. The van der Waals surface area contributed by atoms with Crippen molar-refractivity contribution < 1.29 is 19.1 Å². The number of hydrogen-bond acceptors (Lipinski definition) is 4. The maximum absolute atomic E-state index is 12.5. The monoisotopic (exact) mass is 450 g/mol. The Balaban J connectivity index is 1.20. The van der Waals surface area contributed by atoms with E-state index in [2.05, 4.69) is 10.9 Å². The van der Waals surface area contributed by atoms with Gasteiger partial charge in [0.25, 0.3) is 5.91 Å². The lowest BCUT2D eigenvalue weighted by Crippen LogP contribution is -2.50. The Morgan fingerprint density at radius 1 is 0.818 bits per heavy atom. The topological polar surface area (TPSA) is 91.0 Å². The van der Waals surface area contributed by atoms with Crippen molar-refractivity contribution in [3.63, 3.8) is 0 Å². The van der Waals surface area contributed by atoms with E-state index < -0.39 is 5.91 Å². The average molecular weight is 451 g/mol. The highest BCUT2D eigenvalue weighted by Gasteiger charge is 2.30. The molecule has 2 aliphatic rings. The molecule has 33 heavy (non-hydrogen) atoms. The standard InChI is InChI=1S/C25H30N4O4/c30-23(18-33-22-11-5-4-10-21(22)19-8-2-1-3-9-19)26-27-24(31)20-12-16-29(17-13-20)25(32)28-14-6-7-15-28/h1-5,8-11,20H,6-7,12-18H2,(H,26,30)(H,27,31). The van der Waals surface area contributed by atoms with Crippen LogP contribution < -0.4 is 15.6 Å². The van der Waals surface area contributed by atoms with Crippen LogP contribution >= 0.6 is 0 Å². The summed E-state index contributed by atoms with van der Waals surface area (Å²) in [6, 6.07) is 17.4. The van der Waals surface area contributed by atoms with E-state index in [1.165, 1.54) is 0 Å². The molecule has 2 aromatic rings. The van der Waals surface area contributed by atoms with Crippen molar-refractivity contribution in [1.82, 2.24) is 20.7 Å². The molecule has 0 saturated carbocycles. The number of nitrogens with one attached hydrogen (secondary N) is 2. The largest absolute Gasteiger partial charge is 0.483 e. The van der Waals surface area contributed by atoms with Gasteiger partial charge in [0.15, 0.2) is 6.61 Å². The van der Waals surface area contributed by atoms with Crippen molar-refractivity contribution in [1.29, 1.82) is 0 Å². The van der Waals surface area contributed by atoms with E-state index in [9.17, 15) is 14.4 Å². The molecular weight excluding hydrogens is 420 g/mol. The number of carbonyl (C=O) groups is 3. The van der Waals surface area contributed by atoms with Crippen LogP contribution in [-0.4, -0.2) is 60.4 Å². The Hall–Kier alpha value is -3.55. The molecule has 2 fully saturated rings. The van der Waals surface area contributed by atoms with E-state index in [4.69, 9.17) is 4.74 Å². The molecule has 2 heterocycles. The molecule has 0 atom stereocenters. The lowest BCUT2D eigenvalue weighted by Gasteiger charge is -2.33. The second-order valence-corrected chi connectivity index (χ2v) is 8.43. The molecule has 2 aromatic carbocycles. The molecule has 0 radical (unpaired) electrons. The van der Waals surface area contributed by atoms with Crippen molar-refractivity contribution in [2.24, 2.45) is 5.92 Å². The third-order valence-electron chi connectivity index (χ3n) is 6.17. The van der Waals surface area contributed by atoms with Crippen molar-refractivity contribution in [2.45, 2.75) is 25.7 Å². The van der Waals surface area contributed by atoms with Crippen molar-refractivity contribution >= 4 is 17.8 Å². The Labute approximate surface area is 193 Å². The first kappa shape index (κ1) is 22.6. The maximum Gasteiger partial charge on any atom is 0.319 e. The van der Waals surface area contributed by atoms with E-state index in [0.717, 1.165) is 37.1 Å². The van der Waals surface area contributed by atoms with Gasteiger partial charge in [-0.25, -0.2) is 4.79 Å². The number of likely N-dealkylation sites (tertiary alicyclic amines) is 2. The minimum atomic E-state index is -0.437. The van der Waals surface area contributed by atoms with E-state index >= 15 is 0 Å². The molecule has 174 valence electrons. The molecule has 4 amide bonds. The summed E-state index contributed by atoms with van der Waals surface area (Å²) < 4.78 is 5.71. The zero-order valence-corrected chi connectivity index (χ0v) is 18.7. The van der Waals surface area contributed by atoms with Crippen molar-refractivity contribution in [2.75, 3.05) is 32.8 Å². The summed E-state index contributed by atoms with van der Waals surface area (Å²) in [5, 5.41) is 0. The fraction of sp³-hybridized carbons (Fsp3) is 0.400. The van der Waals surface area contributed by atoms with Gasteiger partial charge in [0.2, 0.25) is 5.91 Å². The predicted octanol–water partition coefficient (Wildman–Crippen LogP) is 2.81. The summed E-state index contributed by atoms with van der Waals surface area (Å²) >= 11 is 0. The highest BCUT2D eigenvalue weighted by molar-refractivity contribution is 5.84. The molecule has 2 N–H and O–H groups in total. The number of amides is 4. The second-order valence-electron chi connectivity index (χ2n) is 8.43. The number of carbonyl (C=O) groups excluding carboxylic acids is 3. The molecule has 0 bridgehead atoms. The van der Waals surface area contributed by atoms with Gasteiger partial charge in [-0.3, -0.25) is 20.4 Å². The predicted molar refractivity (Wildman–Crippen MR) is 124 cm³/mol. The summed E-state index contributed by atoms with van der Waals surface area (Å²) in [6.07, 6.45) is 3.29. The number of rotatable bonds is 5. The Kier molecular flexibility index (Phi) is 7.44. The number of hydrogen-bond donors (Lipinski definition) is 2. The average Bonchev–Trinajstić information content (AvgIpc) is 3.41. The lowest BCUT2D eigenvalue weighted by molar-refractivity contribution is -0.132. The third kappa shape index (κ3) is 5.83. The first-order chi connectivity index (χ1) is 16.1. The zero-order chi connectivity index (χ0) is 23.0. The summed E-state index contributed by atoms with van der Waals surface area (Å²) in [4.78, 5) is 40.9. The van der Waals surface area contributed by atoms with Crippen molar-refractivity contribution in [3.8, 4) is 16.9 Å². The summed E-state index contributed by atoms with van der Waals surface area (Å²) in [7, 11) is 0. The summed E-state index contributed by atoms with van der Waals surface area (Å²) in [6.45, 7) is 2.54. The van der Waals surface area contributed by atoms with E-state index in [0.29, 0.717) is 31.7 Å². The fourth-order valence-corrected chi connectivity index (χ4v) is 4.30. The molecule has 0 aromatic heterocycles. The molecule has 8 heteroatoms. The van der Waals surface area contributed by atoms with Crippen LogP contribution in [0.4, 0.5) is 4.79 Å².